The van der Waals surface area contributed by atoms with Gasteiger partial charge in [0.25, 0.3) is 5.91 Å². The molecule has 0 aliphatic heterocycles. The molecule has 0 fully saturated rings. The molecule has 1 heterocycles. The van der Waals surface area contributed by atoms with Gasteiger partial charge in [-0.05, 0) is 44.5 Å². The van der Waals surface area contributed by atoms with Gasteiger partial charge in [-0.3, -0.25) is 9.36 Å². The van der Waals surface area contributed by atoms with Crippen LogP contribution in [0.3, 0.4) is 0 Å². The molecule has 0 aliphatic carbocycles. The van der Waals surface area contributed by atoms with E-state index in [0.717, 1.165) is 19.2 Å². The number of carbonyl (C=O) groups excluding carboxylic acids is 3. The lowest BCUT2D eigenvalue weighted by molar-refractivity contribution is -0.142. The molecule has 3 aromatic rings. The second-order valence-electron chi connectivity index (χ2n) is 8.40. The first-order chi connectivity index (χ1) is 15.5. The van der Waals surface area contributed by atoms with E-state index in [4.69, 9.17) is 9.47 Å². The van der Waals surface area contributed by atoms with Crippen molar-refractivity contribution < 1.29 is 32.6 Å². The third-order valence-corrected chi connectivity index (χ3v) is 4.78. The van der Waals surface area contributed by atoms with E-state index in [1.54, 1.807) is 45.0 Å². The zero-order chi connectivity index (χ0) is 24.3. The van der Waals surface area contributed by atoms with Crippen LogP contribution in [0.2, 0.25) is 0 Å². The molecule has 3 rings (SSSR count). The Kier molecular flexibility index (Phi) is 6.81. The number of hydrogen-bond donors (Lipinski definition) is 1. The van der Waals surface area contributed by atoms with Crippen molar-refractivity contribution in [3.8, 4) is 0 Å². The largest absolute Gasteiger partial charge is 0.467 e. The summed E-state index contributed by atoms with van der Waals surface area (Å²) in [5.41, 5.74) is -0.0146. The fraction of sp³-hybridized carbons (Fsp3) is 0.292. The van der Waals surface area contributed by atoms with Gasteiger partial charge in [0, 0.05) is 24.1 Å². The minimum Gasteiger partial charge on any atom is -0.467 e. The zero-order valence-electron chi connectivity index (χ0n) is 18.6. The third-order valence-electron chi connectivity index (χ3n) is 4.78. The van der Waals surface area contributed by atoms with Crippen LogP contribution in [0.25, 0.3) is 10.9 Å². The number of rotatable bonds is 5. The summed E-state index contributed by atoms with van der Waals surface area (Å²) >= 11 is 0. The molecule has 7 nitrogen and oxygen atoms in total. The van der Waals surface area contributed by atoms with Gasteiger partial charge in [-0.1, -0.05) is 18.2 Å². The molecule has 0 saturated carbocycles. The second kappa shape index (κ2) is 9.40. The molecule has 0 saturated heterocycles. The maximum absolute atomic E-state index is 14.0. The average Bonchev–Trinajstić information content (AvgIpc) is 3.10. The summed E-state index contributed by atoms with van der Waals surface area (Å²) in [7, 11) is 1.16. The standard InChI is InChI=1S/C24H24F2N2O5/c1-24(2,3)33-23(31)28-13-14(16-7-5-6-8-20(16)28)11-19(22(30)32-4)27-21(29)17-10-9-15(25)12-18(17)26/h5-10,12-13,19H,11H2,1-4H3,(H,27,29)/t19-/m0/s1. The Morgan fingerprint density at radius 3 is 2.42 bits per heavy atom. The first-order valence-electron chi connectivity index (χ1n) is 10.2. The monoisotopic (exact) mass is 458 g/mol. The molecule has 1 amide bonds. The number of esters is 1. The zero-order valence-corrected chi connectivity index (χ0v) is 18.6. The van der Waals surface area contributed by atoms with Gasteiger partial charge < -0.3 is 14.8 Å². The number of methoxy groups -OCH3 is 1. The quantitative estimate of drug-likeness (QED) is 0.579. The number of hydrogen-bond acceptors (Lipinski definition) is 5. The molecule has 174 valence electrons. The first kappa shape index (κ1) is 23.9. The number of nitrogens with one attached hydrogen (secondary N) is 1. The Morgan fingerprint density at radius 2 is 1.79 bits per heavy atom. The summed E-state index contributed by atoms with van der Waals surface area (Å²) in [5, 5.41) is 3.10. The number of ether oxygens (including phenoxy) is 2. The van der Waals surface area contributed by atoms with Crippen LogP contribution >= 0.6 is 0 Å². The predicted molar refractivity (Wildman–Crippen MR) is 117 cm³/mol. The first-order valence-corrected chi connectivity index (χ1v) is 10.2. The van der Waals surface area contributed by atoms with Crippen molar-refractivity contribution in [2.45, 2.75) is 38.8 Å². The Bertz CT molecular complexity index is 1210. The highest BCUT2D eigenvalue weighted by molar-refractivity contribution is 5.97. The van der Waals surface area contributed by atoms with Gasteiger partial charge in [-0.15, -0.1) is 0 Å². The number of aromatic nitrogens is 1. The smallest absolute Gasteiger partial charge is 0.419 e. The number of para-hydroxylation sites is 1. The highest BCUT2D eigenvalue weighted by Gasteiger charge is 2.27. The van der Waals surface area contributed by atoms with Crippen molar-refractivity contribution in [1.82, 2.24) is 9.88 Å². The molecule has 0 spiro atoms. The minimum atomic E-state index is -1.19. The Labute approximate surface area is 189 Å². The summed E-state index contributed by atoms with van der Waals surface area (Å²) in [4.78, 5) is 37.7. The number of fused-ring (bicyclic) bond motifs is 1. The summed E-state index contributed by atoms with van der Waals surface area (Å²) < 4.78 is 38.8. The van der Waals surface area contributed by atoms with E-state index < -0.39 is 46.8 Å². The Balaban J connectivity index is 1.94. The van der Waals surface area contributed by atoms with Gasteiger partial charge in [-0.25, -0.2) is 18.4 Å². The molecule has 0 unspecified atom stereocenters. The van der Waals surface area contributed by atoms with Gasteiger partial charge >= 0.3 is 12.1 Å². The normalized spacial score (nSPS) is 12.3. The van der Waals surface area contributed by atoms with Crippen molar-refractivity contribution in [3.63, 3.8) is 0 Å². The van der Waals surface area contributed by atoms with Crippen molar-refractivity contribution in [3.05, 3.63) is 71.4 Å². The van der Waals surface area contributed by atoms with Crippen molar-refractivity contribution in [2.24, 2.45) is 0 Å². The molecule has 0 bridgehead atoms. The number of carbonyl (C=O) groups is 3. The van der Waals surface area contributed by atoms with E-state index in [9.17, 15) is 23.2 Å². The van der Waals surface area contributed by atoms with Crippen LogP contribution < -0.4 is 5.32 Å². The van der Waals surface area contributed by atoms with Gasteiger partial charge in [0.1, 0.15) is 23.3 Å². The van der Waals surface area contributed by atoms with Gasteiger partial charge in [0.15, 0.2) is 0 Å². The van der Waals surface area contributed by atoms with E-state index in [1.807, 2.05) is 0 Å². The van der Waals surface area contributed by atoms with Gasteiger partial charge in [0.05, 0.1) is 18.2 Å². The molecule has 9 heteroatoms. The van der Waals surface area contributed by atoms with Crippen LogP contribution in [0.5, 0.6) is 0 Å². The fourth-order valence-electron chi connectivity index (χ4n) is 3.34. The SMILES string of the molecule is COC(=O)[C@H](Cc1cn(C(=O)OC(C)(C)C)c2ccccc12)NC(=O)c1ccc(F)cc1F. The van der Waals surface area contributed by atoms with Crippen LogP contribution in [-0.4, -0.2) is 41.3 Å². The molecule has 33 heavy (non-hydrogen) atoms. The van der Waals surface area contributed by atoms with Gasteiger partial charge in [0.2, 0.25) is 0 Å². The van der Waals surface area contributed by atoms with E-state index in [2.05, 4.69) is 5.32 Å². The molecular formula is C24H24F2N2O5. The van der Waals surface area contributed by atoms with Crippen LogP contribution in [-0.2, 0) is 20.7 Å². The van der Waals surface area contributed by atoms with Crippen LogP contribution in [0, 0.1) is 11.6 Å². The van der Waals surface area contributed by atoms with E-state index in [1.165, 1.54) is 10.8 Å². The van der Waals surface area contributed by atoms with Crippen molar-refractivity contribution in [2.75, 3.05) is 7.11 Å². The van der Waals surface area contributed by atoms with E-state index >= 15 is 0 Å². The molecular weight excluding hydrogens is 434 g/mol. The Morgan fingerprint density at radius 1 is 1.09 bits per heavy atom. The number of halogens is 2. The second-order valence-corrected chi connectivity index (χ2v) is 8.40. The molecule has 1 aromatic heterocycles. The molecule has 0 radical (unpaired) electrons. The number of amides is 1. The lowest BCUT2D eigenvalue weighted by Gasteiger charge is -2.19. The minimum absolute atomic E-state index is 0.0441. The maximum atomic E-state index is 14.0. The predicted octanol–water partition coefficient (Wildman–Crippen LogP) is 4.22. The van der Waals surface area contributed by atoms with Crippen molar-refractivity contribution in [1.29, 1.82) is 0 Å². The van der Waals surface area contributed by atoms with Gasteiger partial charge in [-0.2, -0.15) is 0 Å². The summed E-state index contributed by atoms with van der Waals surface area (Å²) in [6.07, 6.45) is 0.883. The number of nitrogens with zero attached hydrogens (tertiary/aromatic N) is 1. The van der Waals surface area contributed by atoms with Crippen LogP contribution in [0.15, 0.2) is 48.7 Å². The van der Waals surface area contributed by atoms with E-state index in [-0.39, 0.29) is 6.42 Å². The van der Waals surface area contributed by atoms with E-state index in [0.29, 0.717) is 22.5 Å². The third kappa shape index (κ3) is 5.54. The number of benzene rings is 2. The highest BCUT2D eigenvalue weighted by Crippen LogP contribution is 2.24. The molecule has 0 aliphatic rings. The Hall–Kier alpha value is -3.75. The topological polar surface area (TPSA) is 86.6 Å². The van der Waals surface area contributed by atoms with Crippen LogP contribution in [0.4, 0.5) is 13.6 Å². The summed E-state index contributed by atoms with van der Waals surface area (Å²) in [6, 6.07) is 8.34. The lowest BCUT2D eigenvalue weighted by Crippen LogP contribution is -2.43. The lowest BCUT2D eigenvalue weighted by atomic mass is 10.0. The molecule has 1 atom stereocenters. The average molecular weight is 458 g/mol. The molecule has 2 aromatic carbocycles. The molecule has 1 N–H and O–H groups in total. The van der Waals surface area contributed by atoms with Crippen LogP contribution in [0.1, 0.15) is 36.7 Å². The summed E-state index contributed by atoms with van der Waals surface area (Å²) in [6.45, 7) is 5.23. The maximum Gasteiger partial charge on any atom is 0.419 e. The highest BCUT2D eigenvalue weighted by atomic mass is 19.1. The summed E-state index contributed by atoms with van der Waals surface area (Å²) in [5.74, 6) is -3.56. The fourth-order valence-corrected chi connectivity index (χ4v) is 3.34. The van der Waals surface area contributed by atoms with Crippen molar-refractivity contribution >= 4 is 28.9 Å².